The molecular formula is C16H20ClN3OS. The first-order valence-corrected chi connectivity index (χ1v) is 8.20. The fourth-order valence-corrected chi connectivity index (χ4v) is 3.23. The maximum Gasteiger partial charge on any atom is 0.224 e. The van der Waals surface area contributed by atoms with Crippen molar-refractivity contribution in [1.29, 1.82) is 0 Å². The molecule has 0 spiro atoms. The molecule has 1 amide bonds. The molecule has 1 aliphatic heterocycles. The SMILES string of the molecule is Cl.O=C(CCC1CCNC1)Nc1ccc(-c2nccs2)cc1. The number of nitrogens with zero attached hydrogens (tertiary/aromatic N) is 1. The Labute approximate surface area is 140 Å². The van der Waals surface area contributed by atoms with Gasteiger partial charge in [0.15, 0.2) is 0 Å². The van der Waals surface area contributed by atoms with Crippen molar-refractivity contribution in [3.63, 3.8) is 0 Å². The number of hydrogen-bond acceptors (Lipinski definition) is 4. The highest BCUT2D eigenvalue weighted by Crippen LogP contribution is 2.23. The van der Waals surface area contributed by atoms with Crippen LogP contribution in [0.15, 0.2) is 35.8 Å². The second-order valence-electron chi connectivity index (χ2n) is 5.36. The van der Waals surface area contributed by atoms with Gasteiger partial charge in [0.05, 0.1) is 0 Å². The van der Waals surface area contributed by atoms with E-state index in [0.717, 1.165) is 35.8 Å². The lowest BCUT2D eigenvalue weighted by atomic mass is 10.0. The number of hydrogen-bond donors (Lipinski definition) is 2. The average molecular weight is 338 g/mol. The second kappa shape index (κ2) is 8.27. The molecule has 1 aromatic carbocycles. The van der Waals surface area contributed by atoms with Crippen LogP contribution in [0.5, 0.6) is 0 Å². The summed E-state index contributed by atoms with van der Waals surface area (Å²) in [6, 6.07) is 7.86. The Kier molecular flexibility index (Phi) is 6.36. The molecule has 0 radical (unpaired) electrons. The van der Waals surface area contributed by atoms with E-state index in [0.29, 0.717) is 12.3 Å². The molecule has 1 aromatic heterocycles. The Bertz CT molecular complexity index is 580. The topological polar surface area (TPSA) is 54.0 Å². The second-order valence-corrected chi connectivity index (χ2v) is 6.25. The Morgan fingerprint density at radius 2 is 2.18 bits per heavy atom. The zero-order valence-corrected chi connectivity index (χ0v) is 13.9. The molecule has 0 aliphatic carbocycles. The number of carbonyl (C=O) groups is 1. The van der Waals surface area contributed by atoms with Gasteiger partial charge in [-0.3, -0.25) is 4.79 Å². The number of carbonyl (C=O) groups excluding carboxylic acids is 1. The number of aromatic nitrogens is 1. The van der Waals surface area contributed by atoms with E-state index < -0.39 is 0 Å². The molecular weight excluding hydrogens is 318 g/mol. The minimum atomic E-state index is 0. The highest BCUT2D eigenvalue weighted by atomic mass is 35.5. The minimum Gasteiger partial charge on any atom is -0.326 e. The average Bonchev–Trinajstić information content (AvgIpc) is 3.19. The van der Waals surface area contributed by atoms with Gasteiger partial charge in [0, 0.05) is 29.2 Å². The molecule has 1 atom stereocenters. The summed E-state index contributed by atoms with van der Waals surface area (Å²) >= 11 is 1.61. The monoisotopic (exact) mass is 337 g/mol. The van der Waals surface area contributed by atoms with Crippen LogP contribution in [0.1, 0.15) is 19.3 Å². The van der Waals surface area contributed by atoms with Crippen molar-refractivity contribution in [2.45, 2.75) is 19.3 Å². The van der Waals surface area contributed by atoms with Gasteiger partial charge in [0.2, 0.25) is 5.91 Å². The molecule has 1 saturated heterocycles. The first-order valence-electron chi connectivity index (χ1n) is 7.32. The first-order chi connectivity index (χ1) is 10.3. The number of amides is 1. The molecule has 118 valence electrons. The van der Waals surface area contributed by atoms with Crippen molar-refractivity contribution < 1.29 is 4.79 Å². The highest BCUT2D eigenvalue weighted by molar-refractivity contribution is 7.13. The van der Waals surface area contributed by atoms with E-state index in [1.807, 2.05) is 29.6 Å². The maximum absolute atomic E-state index is 11.9. The summed E-state index contributed by atoms with van der Waals surface area (Å²) in [5.74, 6) is 0.756. The van der Waals surface area contributed by atoms with Crippen molar-refractivity contribution in [1.82, 2.24) is 10.3 Å². The summed E-state index contributed by atoms with van der Waals surface area (Å²) in [7, 11) is 0. The molecule has 0 bridgehead atoms. The van der Waals surface area contributed by atoms with Crippen molar-refractivity contribution in [2.75, 3.05) is 18.4 Å². The van der Waals surface area contributed by atoms with Crippen molar-refractivity contribution >= 4 is 35.3 Å². The van der Waals surface area contributed by atoms with Crippen LogP contribution in [0.4, 0.5) is 5.69 Å². The minimum absolute atomic E-state index is 0. The summed E-state index contributed by atoms with van der Waals surface area (Å²) in [5, 5.41) is 9.25. The van der Waals surface area contributed by atoms with Gasteiger partial charge in [-0.15, -0.1) is 23.7 Å². The third-order valence-electron chi connectivity index (χ3n) is 3.79. The number of benzene rings is 1. The van der Waals surface area contributed by atoms with Gasteiger partial charge in [-0.05, 0) is 56.1 Å². The standard InChI is InChI=1S/C16H19N3OS.ClH/c20-15(6-1-12-7-8-17-11-12)19-14-4-2-13(3-5-14)16-18-9-10-21-16;/h2-5,9-10,12,17H,1,6-8,11H2,(H,19,20);1H. The molecule has 6 heteroatoms. The van der Waals surface area contributed by atoms with E-state index in [9.17, 15) is 4.79 Å². The number of anilines is 1. The summed E-state index contributed by atoms with van der Waals surface area (Å²) in [6.07, 6.45) is 4.56. The van der Waals surface area contributed by atoms with Gasteiger partial charge >= 0.3 is 0 Å². The van der Waals surface area contributed by atoms with E-state index in [1.54, 1.807) is 17.5 Å². The molecule has 3 rings (SSSR count). The summed E-state index contributed by atoms with van der Waals surface area (Å²) in [6.45, 7) is 2.14. The van der Waals surface area contributed by atoms with Crippen molar-refractivity contribution in [3.8, 4) is 10.6 Å². The molecule has 4 nitrogen and oxygen atoms in total. The van der Waals surface area contributed by atoms with Crippen LogP contribution in [-0.4, -0.2) is 24.0 Å². The Hall–Kier alpha value is -1.43. The van der Waals surface area contributed by atoms with Gasteiger partial charge in [-0.2, -0.15) is 0 Å². The molecule has 1 fully saturated rings. The van der Waals surface area contributed by atoms with Crippen LogP contribution >= 0.6 is 23.7 Å². The lowest BCUT2D eigenvalue weighted by Gasteiger charge is -2.09. The van der Waals surface area contributed by atoms with Gasteiger partial charge < -0.3 is 10.6 Å². The third kappa shape index (κ3) is 4.53. The number of nitrogens with one attached hydrogen (secondary N) is 2. The normalized spacial score (nSPS) is 17.0. The first kappa shape index (κ1) is 16.9. The summed E-state index contributed by atoms with van der Waals surface area (Å²) < 4.78 is 0. The molecule has 22 heavy (non-hydrogen) atoms. The largest absolute Gasteiger partial charge is 0.326 e. The predicted octanol–water partition coefficient (Wildman–Crippen LogP) is 3.56. The Balaban J connectivity index is 0.00000176. The van der Waals surface area contributed by atoms with Crippen LogP contribution in [0, 0.1) is 5.92 Å². The van der Waals surface area contributed by atoms with Gasteiger partial charge in [-0.1, -0.05) is 0 Å². The Morgan fingerprint density at radius 1 is 1.36 bits per heavy atom. The zero-order valence-electron chi connectivity index (χ0n) is 12.2. The van der Waals surface area contributed by atoms with E-state index in [4.69, 9.17) is 0 Å². The van der Waals surface area contributed by atoms with Gasteiger partial charge in [0.1, 0.15) is 5.01 Å². The van der Waals surface area contributed by atoms with Crippen LogP contribution in [0.3, 0.4) is 0 Å². The fraction of sp³-hybridized carbons (Fsp3) is 0.375. The molecule has 1 unspecified atom stereocenters. The van der Waals surface area contributed by atoms with Crippen molar-refractivity contribution in [3.05, 3.63) is 35.8 Å². The van der Waals surface area contributed by atoms with Crippen LogP contribution < -0.4 is 10.6 Å². The quantitative estimate of drug-likeness (QED) is 0.877. The van der Waals surface area contributed by atoms with E-state index in [2.05, 4.69) is 15.6 Å². The molecule has 2 heterocycles. The zero-order chi connectivity index (χ0) is 14.5. The molecule has 0 saturated carbocycles. The predicted molar refractivity (Wildman–Crippen MR) is 93.6 cm³/mol. The fourth-order valence-electron chi connectivity index (χ4n) is 2.58. The lowest BCUT2D eigenvalue weighted by Crippen LogP contribution is -2.14. The van der Waals surface area contributed by atoms with Crippen LogP contribution in [0.2, 0.25) is 0 Å². The van der Waals surface area contributed by atoms with E-state index in [1.165, 1.54) is 6.42 Å². The third-order valence-corrected chi connectivity index (χ3v) is 4.61. The summed E-state index contributed by atoms with van der Waals surface area (Å²) in [5.41, 5.74) is 1.94. The summed E-state index contributed by atoms with van der Waals surface area (Å²) in [4.78, 5) is 16.2. The smallest absolute Gasteiger partial charge is 0.224 e. The van der Waals surface area contributed by atoms with Gasteiger partial charge in [-0.25, -0.2) is 4.98 Å². The van der Waals surface area contributed by atoms with Gasteiger partial charge in [0.25, 0.3) is 0 Å². The lowest BCUT2D eigenvalue weighted by molar-refractivity contribution is -0.116. The van der Waals surface area contributed by atoms with E-state index >= 15 is 0 Å². The molecule has 2 aromatic rings. The van der Waals surface area contributed by atoms with Crippen LogP contribution in [-0.2, 0) is 4.79 Å². The molecule has 2 N–H and O–H groups in total. The highest BCUT2D eigenvalue weighted by Gasteiger charge is 2.15. The number of halogens is 1. The Morgan fingerprint density at radius 3 is 2.82 bits per heavy atom. The number of thiazole rings is 1. The van der Waals surface area contributed by atoms with Crippen molar-refractivity contribution in [2.24, 2.45) is 5.92 Å². The van der Waals surface area contributed by atoms with Crippen LogP contribution in [0.25, 0.3) is 10.6 Å². The maximum atomic E-state index is 11.9. The number of rotatable bonds is 5. The molecule has 1 aliphatic rings. The van der Waals surface area contributed by atoms with E-state index in [-0.39, 0.29) is 18.3 Å².